The monoisotopic (exact) mass is 462 g/mol. The number of rotatable bonds is 12. The second-order valence-electron chi connectivity index (χ2n) is 10.2. The van der Waals surface area contributed by atoms with Gasteiger partial charge in [-0.25, -0.2) is 0 Å². The van der Waals surface area contributed by atoms with Crippen molar-refractivity contribution >= 4 is 0 Å². The SMILES string of the molecule is CCCCCOc1ccc(OC/C=C/C2CCC([C@H]3CC[C@H](CCC)CC3)CC2)c(F)c1F. The van der Waals surface area contributed by atoms with Gasteiger partial charge in [-0.2, -0.15) is 8.78 Å². The van der Waals surface area contributed by atoms with Crippen LogP contribution in [0.5, 0.6) is 11.5 Å². The molecule has 2 fully saturated rings. The molecular formula is C29H44F2O2. The third-order valence-electron chi connectivity index (χ3n) is 7.83. The second-order valence-corrected chi connectivity index (χ2v) is 10.2. The fraction of sp³-hybridized carbons (Fsp3) is 0.724. The van der Waals surface area contributed by atoms with E-state index in [9.17, 15) is 8.78 Å². The van der Waals surface area contributed by atoms with Crippen molar-refractivity contribution < 1.29 is 18.3 Å². The zero-order chi connectivity index (χ0) is 23.5. The lowest BCUT2D eigenvalue weighted by molar-refractivity contribution is 0.152. The van der Waals surface area contributed by atoms with E-state index in [1.807, 2.05) is 6.08 Å². The fourth-order valence-corrected chi connectivity index (χ4v) is 5.82. The number of halogens is 2. The van der Waals surface area contributed by atoms with Crippen molar-refractivity contribution in [3.8, 4) is 11.5 Å². The molecule has 2 saturated carbocycles. The van der Waals surface area contributed by atoms with Gasteiger partial charge < -0.3 is 9.47 Å². The van der Waals surface area contributed by atoms with Gasteiger partial charge in [0.15, 0.2) is 11.5 Å². The van der Waals surface area contributed by atoms with E-state index in [4.69, 9.17) is 9.47 Å². The molecule has 33 heavy (non-hydrogen) atoms. The van der Waals surface area contributed by atoms with E-state index in [2.05, 4.69) is 19.9 Å². The second kappa shape index (κ2) is 14.0. The molecule has 0 atom stereocenters. The minimum absolute atomic E-state index is 0.0397. The van der Waals surface area contributed by atoms with Crippen molar-refractivity contribution in [3.05, 3.63) is 35.9 Å². The highest BCUT2D eigenvalue weighted by molar-refractivity contribution is 5.35. The highest BCUT2D eigenvalue weighted by atomic mass is 19.2. The lowest BCUT2D eigenvalue weighted by atomic mass is 9.69. The lowest BCUT2D eigenvalue weighted by Gasteiger charge is -2.37. The topological polar surface area (TPSA) is 18.5 Å². The van der Waals surface area contributed by atoms with E-state index in [1.165, 1.54) is 76.3 Å². The van der Waals surface area contributed by atoms with Gasteiger partial charge in [0.2, 0.25) is 11.6 Å². The highest BCUT2D eigenvalue weighted by Gasteiger charge is 2.30. The summed E-state index contributed by atoms with van der Waals surface area (Å²) in [6.45, 7) is 5.05. The van der Waals surface area contributed by atoms with E-state index in [-0.39, 0.29) is 18.1 Å². The number of benzene rings is 1. The van der Waals surface area contributed by atoms with Crippen LogP contribution < -0.4 is 9.47 Å². The number of allylic oxidation sites excluding steroid dienone is 1. The molecule has 0 heterocycles. The Kier molecular flexibility index (Phi) is 11.0. The van der Waals surface area contributed by atoms with Crippen LogP contribution in [0, 0.1) is 35.3 Å². The van der Waals surface area contributed by atoms with Crippen molar-refractivity contribution in [2.45, 2.75) is 97.3 Å². The maximum atomic E-state index is 14.3. The molecule has 2 nitrogen and oxygen atoms in total. The van der Waals surface area contributed by atoms with E-state index < -0.39 is 11.6 Å². The minimum atomic E-state index is -0.967. The van der Waals surface area contributed by atoms with Gasteiger partial charge in [-0.3, -0.25) is 0 Å². The molecule has 2 aliphatic rings. The first-order valence-electron chi connectivity index (χ1n) is 13.5. The zero-order valence-electron chi connectivity index (χ0n) is 20.8. The average Bonchev–Trinajstić information content (AvgIpc) is 2.84. The number of ether oxygens (including phenoxy) is 2. The molecule has 0 N–H and O–H groups in total. The summed E-state index contributed by atoms with van der Waals surface area (Å²) in [5.74, 6) is 1.40. The molecule has 0 aliphatic heterocycles. The molecule has 0 aromatic heterocycles. The molecule has 4 heteroatoms. The van der Waals surface area contributed by atoms with Gasteiger partial charge in [-0.05, 0) is 80.8 Å². The molecule has 186 valence electrons. The zero-order valence-corrected chi connectivity index (χ0v) is 20.8. The van der Waals surface area contributed by atoms with Crippen LogP contribution in [0.4, 0.5) is 8.78 Å². The number of hydrogen-bond acceptors (Lipinski definition) is 2. The Morgan fingerprint density at radius 1 is 0.788 bits per heavy atom. The van der Waals surface area contributed by atoms with Crippen LogP contribution in [0.2, 0.25) is 0 Å². The first kappa shape index (κ1) is 26.0. The fourth-order valence-electron chi connectivity index (χ4n) is 5.82. The molecule has 1 aromatic carbocycles. The van der Waals surface area contributed by atoms with Gasteiger partial charge >= 0.3 is 0 Å². The molecule has 0 saturated heterocycles. The number of unbranched alkanes of at least 4 members (excludes halogenated alkanes) is 2. The van der Waals surface area contributed by atoms with Gasteiger partial charge in [0.05, 0.1) is 6.61 Å². The van der Waals surface area contributed by atoms with Crippen LogP contribution >= 0.6 is 0 Å². The van der Waals surface area contributed by atoms with Crippen LogP contribution in [0.25, 0.3) is 0 Å². The van der Waals surface area contributed by atoms with Gasteiger partial charge in [-0.15, -0.1) is 0 Å². The van der Waals surface area contributed by atoms with Gasteiger partial charge in [-0.1, -0.05) is 64.5 Å². The summed E-state index contributed by atoms with van der Waals surface area (Å²) in [6.07, 6.45) is 20.7. The Bertz CT molecular complexity index is 717. The normalized spacial score (nSPS) is 25.9. The van der Waals surface area contributed by atoms with Crippen LogP contribution in [0.3, 0.4) is 0 Å². The molecule has 2 aliphatic carbocycles. The third-order valence-corrected chi connectivity index (χ3v) is 7.83. The largest absolute Gasteiger partial charge is 0.490 e. The maximum absolute atomic E-state index is 14.3. The smallest absolute Gasteiger partial charge is 0.204 e. The molecule has 0 spiro atoms. The molecule has 0 amide bonds. The first-order valence-corrected chi connectivity index (χ1v) is 13.5. The van der Waals surface area contributed by atoms with Crippen molar-refractivity contribution in [2.24, 2.45) is 23.7 Å². The van der Waals surface area contributed by atoms with Crippen LogP contribution in [-0.2, 0) is 0 Å². The summed E-state index contributed by atoms with van der Waals surface area (Å²) in [4.78, 5) is 0. The predicted octanol–water partition coefficient (Wildman–Crippen LogP) is 8.88. The summed E-state index contributed by atoms with van der Waals surface area (Å²) >= 11 is 0. The quantitative estimate of drug-likeness (QED) is 0.228. The van der Waals surface area contributed by atoms with Crippen LogP contribution in [0.15, 0.2) is 24.3 Å². The molecule has 1 aromatic rings. The number of hydrogen-bond donors (Lipinski definition) is 0. The molecular weight excluding hydrogens is 418 g/mol. The van der Waals surface area contributed by atoms with Gasteiger partial charge in [0.25, 0.3) is 0 Å². The molecule has 0 bridgehead atoms. The molecule has 0 unspecified atom stereocenters. The molecule has 3 rings (SSSR count). The Morgan fingerprint density at radius 3 is 2.00 bits per heavy atom. The van der Waals surface area contributed by atoms with E-state index >= 15 is 0 Å². The highest BCUT2D eigenvalue weighted by Crippen LogP contribution is 2.42. The Morgan fingerprint density at radius 2 is 1.39 bits per heavy atom. The van der Waals surface area contributed by atoms with Gasteiger partial charge in [0, 0.05) is 0 Å². The Hall–Kier alpha value is -1.58. The van der Waals surface area contributed by atoms with Crippen molar-refractivity contribution in [2.75, 3.05) is 13.2 Å². The molecule has 0 radical (unpaired) electrons. The minimum Gasteiger partial charge on any atom is -0.490 e. The predicted molar refractivity (Wildman–Crippen MR) is 132 cm³/mol. The van der Waals surface area contributed by atoms with Crippen molar-refractivity contribution in [3.63, 3.8) is 0 Å². The van der Waals surface area contributed by atoms with Crippen molar-refractivity contribution in [1.82, 2.24) is 0 Å². The summed E-state index contributed by atoms with van der Waals surface area (Å²) in [7, 11) is 0. The standard InChI is InChI=1S/C29H44F2O2/c1-3-5-6-20-32-26-18-19-27(29(31)28(26)30)33-21-7-9-23-12-16-25(17-13-23)24-14-10-22(8-4-2)11-15-24/h7,9,18-19,22-25H,3-6,8,10-17,20-21H2,1-2H3/b9-7+/t22-,23?,24-,25?. The van der Waals surface area contributed by atoms with Gasteiger partial charge in [0.1, 0.15) is 6.61 Å². The summed E-state index contributed by atoms with van der Waals surface area (Å²) in [5, 5.41) is 0. The lowest BCUT2D eigenvalue weighted by Crippen LogP contribution is -2.25. The van der Waals surface area contributed by atoms with Crippen LogP contribution in [0.1, 0.15) is 97.3 Å². The summed E-state index contributed by atoms with van der Waals surface area (Å²) in [5.41, 5.74) is 0. The summed E-state index contributed by atoms with van der Waals surface area (Å²) < 4.78 is 39.4. The Balaban J connectivity index is 1.36. The first-order chi connectivity index (χ1) is 16.1. The van der Waals surface area contributed by atoms with E-state index in [0.29, 0.717) is 12.5 Å². The summed E-state index contributed by atoms with van der Waals surface area (Å²) in [6, 6.07) is 2.92. The van der Waals surface area contributed by atoms with Crippen molar-refractivity contribution in [1.29, 1.82) is 0 Å². The average molecular weight is 463 g/mol. The Labute approximate surface area is 200 Å². The maximum Gasteiger partial charge on any atom is 0.204 e. The van der Waals surface area contributed by atoms with E-state index in [0.717, 1.165) is 37.0 Å². The third kappa shape index (κ3) is 8.00. The van der Waals surface area contributed by atoms with E-state index in [1.54, 1.807) is 0 Å². The van der Waals surface area contributed by atoms with Crippen LogP contribution in [-0.4, -0.2) is 13.2 Å².